The molecule has 3 aromatic rings. The van der Waals surface area contributed by atoms with Gasteiger partial charge in [-0.3, -0.25) is 9.10 Å². The molecule has 3 aromatic carbocycles. The number of hydrogen-bond donors (Lipinski definition) is 1. The van der Waals surface area contributed by atoms with E-state index in [1.807, 2.05) is 0 Å². The first-order valence-corrected chi connectivity index (χ1v) is 14.0. The summed E-state index contributed by atoms with van der Waals surface area (Å²) in [6.45, 7) is 1.79. The van der Waals surface area contributed by atoms with Crippen LogP contribution >= 0.6 is 0 Å². The van der Waals surface area contributed by atoms with Crippen LogP contribution in [0.1, 0.15) is 34.5 Å². The van der Waals surface area contributed by atoms with E-state index < -0.39 is 25.7 Å². The minimum Gasteiger partial charge on any atom is -0.346 e. The van der Waals surface area contributed by atoms with Crippen LogP contribution in [0, 0.1) is 5.82 Å². The van der Waals surface area contributed by atoms with Gasteiger partial charge < -0.3 is 5.32 Å². The zero-order valence-electron chi connectivity index (χ0n) is 18.9. The average Bonchev–Trinajstić information content (AvgIpc) is 2.77. The van der Waals surface area contributed by atoms with Gasteiger partial charge in [-0.25, -0.2) is 21.2 Å². The number of carbonyl (C=O) groups excluding carboxylic acids is 1. The molecule has 0 fully saturated rings. The number of sulfone groups is 1. The molecule has 0 saturated heterocycles. The number of nitrogens with one attached hydrogen (secondary N) is 1. The monoisotopic (exact) mass is 504 g/mol. The fraction of sp³-hybridized carbons (Fsp3) is 0.208. The Labute approximate surface area is 199 Å². The van der Waals surface area contributed by atoms with Crippen LogP contribution in [-0.2, 0) is 26.4 Å². The second kappa shape index (κ2) is 9.94. The van der Waals surface area contributed by atoms with Gasteiger partial charge in [-0.1, -0.05) is 24.3 Å². The summed E-state index contributed by atoms with van der Waals surface area (Å²) in [6.07, 6.45) is 2.20. The van der Waals surface area contributed by atoms with E-state index in [0.717, 1.165) is 18.1 Å². The van der Waals surface area contributed by atoms with Crippen LogP contribution in [0.4, 0.5) is 10.1 Å². The van der Waals surface area contributed by atoms with Gasteiger partial charge in [0.1, 0.15) is 5.82 Å². The number of halogens is 1. The first kappa shape index (κ1) is 25.4. The van der Waals surface area contributed by atoms with E-state index in [0.29, 0.717) is 16.8 Å². The predicted octanol–water partition coefficient (Wildman–Crippen LogP) is 3.69. The Balaban J connectivity index is 1.73. The second-order valence-corrected chi connectivity index (χ2v) is 11.9. The number of sulfonamides is 1. The Bertz CT molecular complexity index is 1370. The van der Waals surface area contributed by atoms with Crippen molar-refractivity contribution in [3.63, 3.8) is 0 Å². The molecule has 1 unspecified atom stereocenters. The van der Waals surface area contributed by atoms with E-state index in [1.54, 1.807) is 19.1 Å². The van der Waals surface area contributed by atoms with Crippen LogP contribution in [0.3, 0.4) is 0 Å². The van der Waals surface area contributed by atoms with Gasteiger partial charge >= 0.3 is 0 Å². The molecule has 0 aromatic heterocycles. The number of carbonyl (C=O) groups is 1. The molecule has 3 rings (SSSR count). The second-order valence-electron chi connectivity index (χ2n) is 7.98. The van der Waals surface area contributed by atoms with Crippen molar-refractivity contribution in [1.82, 2.24) is 5.32 Å². The maximum Gasteiger partial charge on any atom is 0.251 e. The average molecular weight is 505 g/mol. The molecule has 0 radical (unpaired) electrons. The van der Waals surface area contributed by atoms with E-state index in [4.69, 9.17) is 0 Å². The smallest absolute Gasteiger partial charge is 0.251 e. The molecule has 0 saturated carbocycles. The highest BCUT2D eigenvalue weighted by molar-refractivity contribution is 7.92. The van der Waals surface area contributed by atoms with Gasteiger partial charge in [0.15, 0.2) is 9.84 Å². The Hall–Kier alpha value is -3.24. The van der Waals surface area contributed by atoms with Crippen molar-refractivity contribution in [2.24, 2.45) is 0 Å². The normalized spacial score (nSPS) is 12.7. The molecule has 0 bridgehead atoms. The molecular formula is C24H25FN2O5S2. The summed E-state index contributed by atoms with van der Waals surface area (Å²) in [5.74, 6) is -0.777. The zero-order chi connectivity index (χ0) is 25.1. The summed E-state index contributed by atoms with van der Waals surface area (Å²) < 4.78 is 62.2. The van der Waals surface area contributed by atoms with Crippen molar-refractivity contribution < 1.29 is 26.0 Å². The van der Waals surface area contributed by atoms with Crippen molar-refractivity contribution >= 4 is 31.5 Å². The molecule has 0 aliphatic rings. The molecule has 0 heterocycles. The van der Waals surface area contributed by atoms with Gasteiger partial charge in [-0.15, -0.1) is 0 Å². The Morgan fingerprint density at radius 3 is 1.94 bits per heavy atom. The molecule has 34 heavy (non-hydrogen) atoms. The molecule has 10 heteroatoms. The van der Waals surface area contributed by atoms with E-state index in [9.17, 15) is 26.0 Å². The molecule has 1 N–H and O–H groups in total. The summed E-state index contributed by atoms with van der Waals surface area (Å²) in [6, 6.07) is 17.5. The third-order valence-corrected chi connectivity index (χ3v) is 7.48. The minimum absolute atomic E-state index is 0.0190. The lowest BCUT2D eigenvalue weighted by Gasteiger charge is -2.23. The highest BCUT2D eigenvalue weighted by atomic mass is 32.2. The summed E-state index contributed by atoms with van der Waals surface area (Å²) in [7, 11) is -6.94. The van der Waals surface area contributed by atoms with Crippen LogP contribution in [0.5, 0.6) is 0 Å². The van der Waals surface area contributed by atoms with Crippen molar-refractivity contribution in [1.29, 1.82) is 0 Å². The molecule has 1 atom stereocenters. The van der Waals surface area contributed by atoms with Crippen molar-refractivity contribution in [2.75, 3.05) is 16.8 Å². The van der Waals surface area contributed by atoms with Crippen molar-refractivity contribution in [3.05, 3.63) is 95.3 Å². The quantitative estimate of drug-likeness (QED) is 0.504. The molecule has 7 nitrogen and oxygen atoms in total. The number of nitrogens with zero attached hydrogens (tertiary/aromatic N) is 1. The fourth-order valence-electron chi connectivity index (χ4n) is 3.30. The molecule has 1 amide bonds. The summed E-state index contributed by atoms with van der Waals surface area (Å²) >= 11 is 0. The zero-order valence-corrected chi connectivity index (χ0v) is 20.5. The molecule has 180 valence electrons. The van der Waals surface area contributed by atoms with Crippen LogP contribution < -0.4 is 9.62 Å². The summed E-state index contributed by atoms with van der Waals surface area (Å²) in [5, 5.41) is 2.84. The van der Waals surface area contributed by atoms with Gasteiger partial charge in [0, 0.05) is 11.8 Å². The van der Waals surface area contributed by atoms with Crippen LogP contribution in [-0.4, -0.2) is 35.3 Å². The number of amides is 1. The van der Waals surface area contributed by atoms with Crippen LogP contribution in [0.15, 0.2) is 77.7 Å². The van der Waals surface area contributed by atoms with Gasteiger partial charge in [-0.05, 0) is 66.6 Å². The van der Waals surface area contributed by atoms with Crippen LogP contribution in [0.2, 0.25) is 0 Å². The van der Waals surface area contributed by atoms with E-state index in [1.165, 1.54) is 65.0 Å². The first-order valence-electron chi connectivity index (χ1n) is 10.3. The largest absolute Gasteiger partial charge is 0.346 e. The summed E-state index contributed by atoms with van der Waals surface area (Å²) in [5.41, 5.74) is 2.05. The van der Waals surface area contributed by atoms with Crippen molar-refractivity contribution in [3.8, 4) is 0 Å². The van der Waals surface area contributed by atoms with Gasteiger partial charge in [-0.2, -0.15) is 0 Å². The molecule has 0 spiro atoms. The lowest BCUT2D eigenvalue weighted by molar-refractivity contribution is 0.0940. The lowest BCUT2D eigenvalue weighted by atomic mass is 10.1. The highest BCUT2D eigenvalue weighted by Gasteiger charge is 2.19. The van der Waals surface area contributed by atoms with E-state index >= 15 is 0 Å². The van der Waals surface area contributed by atoms with Crippen molar-refractivity contribution in [2.45, 2.75) is 24.4 Å². The molecule has 0 aliphatic carbocycles. The van der Waals surface area contributed by atoms with Crippen LogP contribution in [0.25, 0.3) is 0 Å². The SMILES string of the molecule is CC(NC(=O)c1ccc(N(Cc2ccc(F)cc2)S(C)(=O)=O)cc1)c1ccc(S(C)(=O)=O)cc1. The van der Waals surface area contributed by atoms with E-state index in [2.05, 4.69) is 5.32 Å². The number of hydrogen-bond acceptors (Lipinski definition) is 5. The molecular weight excluding hydrogens is 479 g/mol. The topological polar surface area (TPSA) is 101 Å². The molecule has 0 aliphatic heterocycles. The lowest BCUT2D eigenvalue weighted by Crippen LogP contribution is -2.29. The van der Waals surface area contributed by atoms with Gasteiger partial charge in [0.2, 0.25) is 10.0 Å². The predicted molar refractivity (Wildman–Crippen MR) is 129 cm³/mol. The first-order chi connectivity index (χ1) is 15.8. The number of anilines is 1. The minimum atomic E-state index is -3.63. The Morgan fingerprint density at radius 1 is 0.882 bits per heavy atom. The fourth-order valence-corrected chi connectivity index (χ4v) is 4.82. The standard InChI is InChI=1S/C24H25FN2O5S2/c1-17(19-8-14-23(15-9-19)33(2,29)30)26-24(28)20-6-12-22(13-7-20)27(34(3,31)32)16-18-4-10-21(25)11-5-18/h4-15,17H,16H2,1-3H3,(H,26,28). The number of benzene rings is 3. The maximum absolute atomic E-state index is 13.2. The van der Waals surface area contributed by atoms with Gasteiger partial charge in [0.05, 0.1) is 29.4 Å². The summed E-state index contributed by atoms with van der Waals surface area (Å²) in [4.78, 5) is 12.9. The number of rotatable bonds is 8. The van der Waals surface area contributed by atoms with Gasteiger partial charge in [0.25, 0.3) is 5.91 Å². The highest BCUT2D eigenvalue weighted by Crippen LogP contribution is 2.22. The third kappa shape index (κ3) is 6.42. The Kier molecular flexibility index (Phi) is 7.42. The third-order valence-electron chi connectivity index (χ3n) is 5.21. The Morgan fingerprint density at radius 2 is 1.44 bits per heavy atom. The van der Waals surface area contributed by atoms with E-state index in [-0.39, 0.29) is 23.4 Å². The maximum atomic E-state index is 13.2.